The highest BCUT2D eigenvalue weighted by Gasteiger charge is 2.15. The summed E-state index contributed by atoms with van der Waals surface area (Å²) in [6.07, 6.45) is 2.64. The van der Waals surface area contributed by atoms with Gasteiger partial charge in [-0.1, -0.05) is 6.07 Å². The van der Waals surface area contributed by atoms with Crippen LogP contribution in [0.3, 0.4) is 0 Å². The van der Waals surface area contributed by atoms with Crippen LogP contribution in [0.5, 0.6) is 11.5 Å². The van der Waals surface area contributed by atoms with Crippen molar-refractivity contribution in [2.75, 3.05) is 12.3 Å². The van der Waals surface area contributed by atoms with E-state index in [9.17, 15) is 5.11 Å². The molecule has 0 aliphatic heterocycles. The molecule has 0 aliphatic carbocycles. The van der Waals surface area contributed by atoms with E-state index in [-0.39, 0.29) is 16.9 Å². The van der Waals surface area contributed by atoms with Crippen molar-refractivity contribution in [1.82, 2.24) is 0 Å². The van der Waals surface area contributed by atoms with Gasteiger partial charge in [-0.2, -0.15) is 5.26 Å². The molecule has 0 fully saturated rings. The second-order valence-electron chi connectivity index (χ2n) is 4.99. The lowest BCUT2D eigenvalue weighted by Crippen LogP contribution is -2.08. The molecule has 0 spiro atoms. The summed E-state index contributed by atoms with van der Waals surface area (Å²) in [6.45, 7) is 4.40. The summed E-state index contributed by atoms with van der Waals surface area (Å²) >= 11 is 0. The van der Waals surface area contributed by atoms with Gasteiger partial charge < -0.3 is 15.6 Å². The van der Waals surface area contributed by atoms with Gasteiger partial charge in [0.25, 0.3) is 0 Å². The van der Waals surface area contributed by atoms with Crippen LogP contribution in [0, 0.1) is 16.7 Å². The number of hydrogen-bond acceptors (Lipinski definition) is 4. The van der Waals surface area contributed by atoms with Gasteiger partial charge in [0.1, 0.15) is 17.2 Å². The Labute approximate surface area is 108 Å². The predicted molar refractivity (Wildman–Crippen MR) is 71.3 cm³/mol. The van der Waals surface area contributed by atoms with Gasteiger partial charge in [0, 0.05) is 0 Å². The number of nitrogens with zero attached hydrogens (tertiary/aromatic N) is 1. The molecular weight excluding hydrogens is 228 g/mol. The van der Waals surface area contributed by atoms with Crippen LogP contribution in [-0.2, 0) is 0 Å². The molecule has 1 aromatic rings. The molecule has 0 saturated carbocycles. The smallest absolute Gasteiger partial charge is 0.145 e. The summed E-state index contributed by atoms with van der Waals surface area (Å²) in [5.41, 5.74) is 5.67. The first-order chi connectivity index (χ1) is 8.46. The number of phenols is 1. The molecule has 0 amide bonds. The standard InChI is InChI=1S/C14H20N2O2/c1-14(2,10-15)8-3-4-9-18-12-7-5-6-11(17)13(12)16/h5-7,17H,3-4,8-9,16H2,1-2H3. The number of aromatic hydroxyl groups is 1. The molecule has 0 bridgehead atoms. The lowest BCUT2D eigenvalue weighted by atomic mass is 9.89. The van der Waals surface area contributed by atoms with Gasteiger partial charge >= 0.3 is 0 Å². The Hall–Kier alpha value is -1.89. The maximum absolute atomic E-state index is 9.40. The zero-order valence-electron chi connectivity index (χ0n) is 10.9. The lowest BCUT2D eigenvalue weighted by molar-refractivity contribution is 0.295. The fourth-order valence-electron chi connectivity index (χ4n) is 1.57. The molecule has 0 atom stereocenters. The monoisotopic (exact) mass is 248 g/mol. The van der Waals surface area contributed by atoms with Crippen LogP contribution >= 0.6 is 0 Å². The van der Waals surface area contributed by atoms with Crippen molar-refractivity contribution >= 4 is 5.69 Å². The molecule has 1 aromatic carbocycles. The molecule has 3 N–H and O–H groups in total. The van der Waals surface area contributed by atoms with Gasteiger partial charge in [0.05, 0.1) is 18.1 Å². The molecule has 0 heterocycles. The maximum Gasteiger partial charge on any atom is 0.145 e. The van der Waals surface area contributed by atoms with Gasteiger partial charge in [0.2, 0.25) is 0 Å². The average Bonchev–Trinajstić information content (AvgIpc) is 2.34. The second-order valence-corrected chi connectivity index (χ2v) is 4.99. The van der Waals surface area contributed by atoms with Gasteiger partial charge in [-0.3, -0.25) is 0 Å². The Morgan fingerprint density at radius 3 is 2.78 bits per heavy atom. The minimum Gasteiger partial charge on any atom is -0.506 e. The van der Waals surface area contributed by atoms with Crippen molar-refractivity contribution < 1.29 is 9.84 Å². The second kappa shape index (κ2) is 6.15. The average molecular weight is 248 g/mol. The third-order valence-electron chi connectivity index (χ3n) is 2.80. The Kier molecular flexibility index (Phi) is 4.85. The first-order valence-electron chi connectivity index (χ1n) is 6.08. The van der Waals surface area contributed by atoms with Crippen molar-refractivity contribution in [2.45, 2.75) is 33.1 Å². The van der Waals surface area contributed by atoms with Crippen molar-refractivity contribution in [1.29, 1.82) is 5.26 Å². The van der Waals surface area contributed by atoms with Crippen LogP contribution in [0.25, 0.3) is 0 Å². The number of unbranched alkanes of at least 4 members (excludes halogenated alkanes) is 1. The van der Waals surface area contributed by atoms with E-state index in [1.54, 1.807) is 12.1 Å². The van der Waals surface area contributed by atoms with Crippen molar-refractivity contribution in [2.24, 2.45) is 5.41 Å². The molecule has 4 heteroatoms. The minimum atomic E-state index is -0.274. The van der Waals surface area contributed by atoms with Crippen LogP contribution in [0.1, 0.15) is 33.1 Å². The largest absolute Gasteiger partial charge is 0.506 e. The Balaban J connectivity index is 2.31. The fourth-order valence-corrected chi connectivity index (χ4v) is 1.57. The van der Waals surface area contributed by atoms with E-state index in [0.29, 0.717) is 12.4 Å². The van der Waals surface area contributed by atoms with E-state index < -0.39 is 0 Å². The van der Waals surface area contributed by atoms with Crippen molar-refractivity contribution in [3.8, 4) is 17.6 Å². The van der Waals surface area contributed by atoms with Crippen LogP contribution in [-0.4, -0.2) is 11.7 Å². The zero-order chi connectivity index (χ0) is 13.6. The van der Waals surface area contributed by atoms with E-state index in [1.807, 2.05) is 13.8 Å². The summed E-state index contributed by atoms with van der Waals surface area (Å²) in [6, 6.07) is 7.22. The number of benzene rings is 1. The highest BCUT2D eigenvalue weighted by Crippen LogP contribution is 2.30. The molecule has 0 aromatic heterocycles. The van der Waals surface area contributed by atoms with Gasteiger partial charge in [0.15, 0.2) is 0 Å². The number of nitriles is 1. The van der Waals surface area contributed by atoms with Crippen LogP contribution in [0.4, 0.5) is 5.69 Å². The third kappa shape index (κ3) is 4.17. The van der Waals surface area contributed by atoms with E-state index in [0.717, 1.165) is 19.3 Å². The number of para-hydroxylation sites is 1. The summed E-state index contributed by atoms with van der Waals surface area (Å²) in [5, 5.41) is 18.3. The predicted octanol–water partition coefficient (Wildman–Crippen LogP) is 3.07. The van der Waals surface area contributed by atoms with E-state index >= 15 is 0 Å². The molecule has 98 valence electrons. The zero-order valence-corrected chi connectivity index (χ0v) is 10.9. The SMILES string of the molecule is CC(C)(C#N)CCCCOc1cccc(O)c1N. The van der Waals surface area contributed by atoms with Crippen molar-refractivity contribution in [3.05, 3.63) is 18.2 Å². The number of phenolic OH excluding ortho intramolecular Hbond substituents is 1. The summed E-state index contributed by atoms with van der Waals surface area (Å²) in [5.74, 6) is 0.549. The topological polar surface area (TPSA) is 79.3 Å². The first-order valence-corrected chi connectivity index (χ1v) is 6.08. The molecular formula is C14H20N2O2. The molecule has 0 radical (unpaired) electrons. The highest BCUT2D eigenvalue weighted by atomic mass is 16.5. The van der Waals surface area contributed by atoms with E-state index in [2.05, 4.69) is 6.07 Å². The van der Waals surface area contributed by atoms with Gasteiger partial charge in [-0.15, -0.1) is 0 Å². The number of nitrogen functional groups attached to an aromatic ring is 1. The van der Waals surface area contributed by atoms with E-state index in [4.69, 9.17) is 15.7 Å². The number of nitrogens with two attached hydrogens (primary N) is 1. The molecule has 0 saturated heterocycles. The molecule has 18 heavy (non-hydrogen) atoms. The molecule has 0 unspecified atom stereocenters. The summed E-state index contributed by atoms with van der Waals surface area (Å²) in [7, 11) is 0. The normalized spacial score (nSPS) is 10.9. The third-order valence-corrected chi connectivity index (χ3v) is 2.80. The number of ether oxygens (including phenoxy) is 1. The molecule has 1 rings (SSSR count). The van der Waals surface area contributed by atoms with Crippen LogP contribution in [0.15, 0.2) is 18.2 Å². The maximum atomic E-state index is 9.40. The Morgan fingerprint density at radius 2 is 2.11 bits per heavy atom. The van der Waals surface area contributed by atoms with Crippen molar-refractivity contribution in [3.63, 3.8) is 0 Å². The first kappa shape index (κ1) is 14.2. The highest BCUT2D eigenvalue weighted by molar-refractivity contribution is 5.61. The summed E-state index contributed by atoms with van der Waals surface area (Å²) < 4.78 is 5.50. The Bertz CT molecular complexity index is 436. The molecule has 4 nitrogen and oxygen atoms in total. The Morgan fingerprint density at radius 1 is 1.39 bits per heavy atom. The van der Waals surface area contributed by atoms with Crippen LogP contribution < -0.4 is 10.5 Å². The number of rotatable bonds is 6. The van der Waals surface area contributed by atoms with Gasteiger partial charge in [-0.05, 0) is 45.2 Å². The summed E-state index contributed by atoms with van der Waals surface area (Å²) in [4.78, 5) is 0. The minimum absolute atomic E-state index is 0.0399. The van der Waals surface area contributed by atoms with Gasteiger partial charge in [-0.25, -0.2) is 0 Å². The molecule has 0 aliphatic rings. The fraction of sp³-hybridized carbons (Fsp3) is 0.500. The van der Waals surface area contributed by atoms with Crippen LogP contribution in [0.2, 0.25) is 0 Å². The quantitative estimate of drug-likeness (QED) is 0.460. The lowest BCUT2D eigenvalue weighted by Gasteiger charge is -2.14. The number of anilines is 1. The van der Waals surface area contributed by atoms with E-state index in [1.165, 1.54) is 6.07 Å². The number of hydrogen-bond donors (Lipinski definition) is 2.